The molecule has 5 heteroatoms. The molecule has 11 rings (SSSR count). The molecular weight excluding hydrogens is 685 g/mol. The Labute approximate surface area is 323 Å². The zero-order valence-electron chi connectivity index (χ0n) is 30.3. The van der Waals surface area contributed by atoms with Crippen molar-refractivity contribution < 1.29 is 4.42 Å². The molecule has 1 aliphatic rings. The molecule has 56 heavy (non-hydrogen) atoms. The average Bonchev–Trinajstić information content (AvgIpc) is 3.82. The maximum atomic E-state index is 6.70. The van der Waals surface area contributed by atoms with Crippen molar-refractivity contribution in [2.45, 2.75) is 6.17 Å². The number of rotatable bonds is 6. The summed E-state index contributed by atoms with van der Waals surface area (Å²) in [7, 11) is 0. The fourth-order valence-corrected chi connectivity index (χ4v) is 8.16. The van der Waals surface area contributed by atoms with Crippen molar-refractivity contribution in [3.63, 3.8) is 0 Å². The molecule has 10 aromatic rings. The molecule has 0 bridgehead atoms. The van der Waals surface area contributed by atoms with Crippen LogP contribution in [0.3, 0.4) is 0 Å². The first-order chi connectivity index (χ1) is 27.7. The fraction of sp³-hybridized carbons (Fsp3) is 0.0196. The molecule has 0 amide bonds. The molecule has 264 valence electrons. The van der Waals surface area contributed by atoms with Crippen LogP contribution in [0, 0.1) is 0 Å². The predicted octanol–water partition coefficient (Wildman–Crippen LogP) is 12.5. The predicted molar refractivity (Wildman–Crippen MR) is 231 cm³/mol. The van der Waals surface area contributed by atoms with E-state index in [2.05, 4.69) is 168 Å². The highest BCUT2D eigenvalue weighted by Crippen LogP contribution is 2.41. The second kappa shape index (κ2) is 13.1. The van der Waals surface area contributed by atoms with Crippen LogP contribution >= 0.6 is 0 Å². The number of fused-ring (bicyclic) bond motifs is 6. The first-order valence-corrected chi connectivity index (χ1v) is 18.9. The van der Waals surface area contributed by atoms with Gasteiger partial charge in [0.2, 0.25) is 0 Å². The van der Waals surface area contributed by atoms with E-state index in [4.69, 9.17) is 14.4 Å². The molecule has 0 aliphatic carbocycles. The summed E-state index contributed by atoms with van der Waals surface area (Å²) in [5.41, 5.74) is 12.7. The third kappa shape index (κ3) is 5.40. The molecule has 0 saturated heterocycles. The summed E-state index contributed by atoms with van der Waals surface area (Å²) in [4.78, 5) is 10.1. The van der Waals surface area contributed by atoms with E-state index in [0.29, 0.717) is 5.84 Å². The lowest BCUT2D eigenvalue weighted by Crippen LogP contribution is -2.33. The number of hydrogen-bond donors (Lipinski definition) is 1. The van der Waals surface area contributed by atoms with Crippen LogP contribution in [0.5, 0.6) is 0 Å². The summed E-state index contributed by atoms with van der Waals surface area (Å²) >= 11 is 0. The SMILES string of the molecule is c1ccc(C2=NC(c3ccccc3)NC(c3ccc4c(c3)oc3cccc(-n5c6ccc(-c7ccccc7)cc6c6cc(-c7ccccc7)ccc65)c34)=N2)cc1. The van der Waals surface area contributed by atoms with Gasteiger partial charge < -0.3 is 14.3 Å². The fourth-order valence-electron chi connectivity index (χ4n) is 8.16. The molecule has 3 heterocycles. The number of aliphatic imine (C=N–C) groups is 2. The third-order valence-electron chi connectivity index (χ3n) is 10.9. The first kappa shape index (κ1) is 32.0. The van der Waals surface area contributed by atoms with Crippen LogP contribution in [-0.2, 0) is 0 Å². The quantitative estimate of drug-likeness (QED) is 0.186. The molecule has 1 N–H and O–H groups in total. The molecule has 8 aromatic carbocycles. The second-order valence-corrected chi connectivity index (χ2v) is 14.2. The Balaban J connectivity index is 1.08. The van der Waals surface area contributed by atoms with Crippen LogP contribution in [0.1, 0.15) is 22.9 Å². The maximum absolute atomic E-state index is 6.70. The van der Waals surface area contributed by atoms with Crippen LogP contribution in [-0.4, -0.2) is 16.2 Å². The molecule has 1 atom stereocenters. The van der Waals surface area contributed by atoms with Gasteiger partial charge in [-0.15, -0.1) is 0 Å². The van der Waals surface area contributed by atoms with E-state index < -0.39 is 0 Å². The summed E-state index contributed by atoms with van der Waals surface area (Å²) in [6, 6.07) is 68.1. The molecule has 2 aromatic heterocycles. The maximum Gasteiger partial charge on any atom is 0.159 e. The van der Waals surface area contributed by atoms with Gasteiger partial charge in [0.05, 0.1) is 22.1 Å². The Bertz CT molecular complexity index is 3050. The van der Waals surface area contributed by atoms with Crippen molar-refractivity contribution in [3.8, 4) is 27.9 Å². The second-order valence-electron chi connectivity index (χ2n) is 14.2. The minimum atomic E-state index is -0.281. The Kier molecular flexibility index (Phi) is 7.49. The summed E-state index contributed by atoms with van der Waals surface area (Å²) in [5.74, 6) is 1.44. The smallest absolute Gasteiger partial charge is 0.159 e. The van der Waals surface area contributed by atoms with Crippen molar-refractivity contribution in [2.75, 3.05) is 0 Å². The number of amidine groups is 2. The van der Waals surface area contributed by atoms with E-state index in [9.17, 15) is 0 Å². The molecule has 0 fully saturated rings. The molecule has 0 saturated carbocycles. The number of furan rings is 1. The van der Waals surface area contributed by atoms with E-state index in [-0.39, 0.29) is 6.17 Å². The average molecular weight is 719 g/mol. The lowest BCUT2D eigenvalue weighted by Gasteiger charge is -2.23. The zero-order valence-corrected chi connectivity index (χ0v) is 30.3. The van der Waals surface area contributed by atoms with Crippen LogP contribution in [0.2, 0.25) is 0 Å². The number of nitrogens with zero attached hydrogens (tertiary/aromatic N) is 3. The van der Waals surface area contributed by atoms with E-state index >= 15 is 0 Å². The zero-order chi connectivity index (χ0) is 37.0. The highest BCUT2D eigenvalue weighted by atomic mass is 16.3. The molecule has 1 aliphatic heterocycles. The van der Waals surface area contributed by atoms with Gasteiger partial charge in [-0.25, -0.2) is 9.98 Å². The minimum Gasteiger partial charge on any atom is -0.456 e. The van der Waals surface area contributed by atoms with E-state index in [1.54, 1.807) is 0 Å². The normalized spacial score (nSPS) is 14.2. The Morgan fingerprint density at radius 3 is 1.64 bits per heavy atom. The topological polar surface area (TPSA) is 54.8 Å². The van der Waals surface area contributed by atoms with Crippen LogP contribution < -0.4 is 5.32 Å². The Hall–Kier alpha value is -7.50. The minimum absolute atomic E-state index is 0.281. The highest BCUT2D eigenvalue weighted by molar-refractivity contribution is 6.17. The van der Waals surface area contributed by atoms with Gasteiger partial charge in [-0.2, -0.15) is 0 Å². The van der Waals surface area contributed by atoms with Gasteiger partial charge in [-0.1, -0.05) is 146 Å². The molecular formula is C51H34N4O. The van der Waals surface area contributed by atoms with Crippen LogP contribution in [0.4, 0.5) is 0 Å². The first-order valence-electron chi connectivity index (χ1n) is 18.9. The summed E-state index contributed by atoms with van der Waals surface area (Å²) in [5, 5.41) is 8.13. The molecule has 0 radical (unpaired) electrons. The number of benzene rings is 8. The largest absolute Gasteiger partial charge is 0.456 e. The van der Waals surface area contributed by atoms with Crippen molar-refractivity contribution in [2.24, 2.45) is 9.98 Å². The highest BCUT2D eigenvalue weighted by Gasteiger charge is 2.23. The monoisotopic (exact) mass is 718 g/mol. The molecule has 1 unspecified atom stereocenters. The summed E-state index contributed by atoms with van der Waals surface area (Å²) < 4.78 is 9.10. The van der Waals surface area contributed by atoms with Gasteiger partial charge in [0.25, 0.3) is 0 Å². The van der Waals surface area contributed by atoms with Gasteiger partial charge in [-0.05, 0) is 76.3 Å². The van der Waals surface area contributed by atoms with Crippen LogP contribution in [0.15, 0.2) is 209 Å². The molecule has 0 spiro atoms. The summed E-state index contributed by atoms with van der Waals surface area (Å²) in [6.45, 7) is 0. The molecule has 5 nitrogen and oxygen atoms in total. The van der Waals surface area contributed by atoms with Gasteiger partial charge in [0.15, 0.2) is 5.84 Å². The number of nitrogens with one attached hydrogen (secondary N) is 1. The van der Waals surface area contributed by atoms with E-state index in [1.165, 1.54) is 33.0 Å². The standard InChI is InChI=1S/C51H34N4O/c1-5-14-33(15-6-1)37-25-28-43-41(30-37)42-31-38(34-16-7-2-8-17-34)26-29-44(42)55(43)45-22-13-23-46-48(45)40-27-24-39(32-47(40)56-46)51-53-49(35-18-9-3-10-19-35)52-50(54-51)36-20-11-4-12-21-36/h1-32,49H,(H,52,53,54). The van der Waals surface area contributed by atoms with Gasteiger partial charge in [0, 0.05) is 27.3 Å². The van der Waals surface area contributed by atoms with Crippen molar-refractivity contribution in [1.82, 2.24) is 9.88 Å². The Morgan fingerprint density at radius 2 is 1.02 bits per heavy atom. The van der Waals surface area contributed by atoms with Gasteiger partial charge in [-0.3, -0.25) is 0 Å². The van der Waals surface area contributed by atoms with Gasteiger partial charge >= 0.3 is 0 Å². The lowest BCUT2D eigenvalue weighted by molar-refractivity contribution is 0.666. The van der Waals surface area contributed by atoms with E-state index in [1.807, 2.05) is 36.4 Å². The lowest BCUT2D eigenvalue weighted by atomic mass is 10.0. The number of aromatic nitrogens is 1. The third-order valence-corrected chi connectivity index (χ3v) is 10.9. The number of hydrogen-bond acceptors (Lipinski definition) is 4. The van der Waals surface area contributed by atoms with Crippen LogP contribution in [0.25, 0.3) is 71.7 Å². The summed E-state index contributed by atoms with van der Waals surface area (Å²) in [6.07, 6.45) is -0.281. The van der Waals surface area contributed by atoms with Crippen molar-refractivity contribution in [1.29, 1.82) is 0 Å². The van der Waals surface area contributed by atoms with Gasteiger partial charge in [0.1, 0.15) is 23.2 Å². The van der Waals surface area contributed by atoms with E-state index in [0.717, 1.165) is 61.2 Å². The Morgan fingerprint density at radius 1 is 0.446 bits per heavy atom. The van der Waals surface area contributed by atoms with Crippen molar-refractivity contribution in [3.05, 3.63) is 211 Å². The van der Waals surface area contributed by atoms with Crippen molar-refractivity contribution >= 4 is 55.4 Å².